The third-order valence-electron chi connectivity index (χ3n) is 6.63. The largest absolute Gasteiger partial charge is 0.497 e. The Balaban J connectivity index is 1.16. The highest BCUT2D eigenvalue weighted by atomic mass is 16.5. The monoisotopic (exact) mass is 433 g/mol. The average Bonchev–Trinajstić information content (AvgIpc) is 3.51. The number of piperidine rings is 1. The lowest BCUT2D eigenvalue weighted by molar-refractivity contribution is -0.136. The van der Waals surface area contributed by atoms with Crippen LogP contribution in [0.1, 0.15) is 41.4 Å². The van der Waals surface area contributed by atoms with Gasteiger partial charge in [0.05, 0.1) is 18.5 Å². The van der Waals surface area contributed by atoms with Crippen LogP contribution in [0.5, 0.6) is 5.75 Å². The Hall–Kier alpha value is -3.42. The summed E-state index contributed by atoms with van der Waals surface area (Å²) in [7, 11) is 1.60. The van der Waals surface area contributed by atoms with E-state index in [-0.39, 0.29) is 17.7 Å². The summed E-state index contributed by atoms with van der Waals surface area (Å²) in [4.78, 5) is 42.0. The molecule has 1 aromatic carbocycles. The Morgan fingerprint density at radius 2 is 1.78 bits per heavy atom. The van der Waals surface area contributed by atoms with Gasteiger partial charge in [-0.15, -0.1) is 0 Å². The number of carbonyl (C=O) groups excluding carboxylic acids is 2. The molecule has 2 aliphatic rings. The van der Waals surface area contributed by atoms with Crippen LogP contribution in [0.15, 0.2) is 42.6 Å². The minimum Gasteiger partial charge on any atom is -0.497 e. The van der Waals surface area contributed by atoms with Crippen LogP contribution in [0.4, 0.5) is 0 Å². The lowest BCUT2D eigenvalue weighted by Gasteiger charge is -2.32. The first-order valence-corrected chi connectivity index (χ1v) is 11.1. The van der Waals surface area contributed by atoms with Gasteiger partial charge in [-0.05, 0) is 55.7 Å². The van der Waals surface area contributed by atoms with E-state index in [9.17, 15) is 9.59 Å². The molecule has 0 radical (unpaired) electrons. The molecule has 0 saturated carbocycles. The maximum Gasteiger partial charge on any atom is 0.253 e. The van der Waals surface area contributed by atoms with E-state index < -0.39 is 0 Å². The van der Waals surface area contributed by atoms with Crippen molar-refractivity contribution in [1.82, 2.24) is 24.8 Å². The number of rotatable bonds is 4. The Morgan fingerprint density at radius 1 is 1.03 bits per heavy atom. The fourth-order valence-electron chi connectivity index (χ4n) is 4.75. The second-order valence-electron chi connectivity index (χ2n) is 8.56. The van der Waals surface area contributed by atoms with Gasteiger partial charge in [-0.2, -0.15) is 0 Å². The molecular formula is C24H27N5O3. The molecular weight excluding hydrogens is 406 g/mol. The van der Waals surface area contributed by atoms with Crippen LogP contribution >= 0.6 is 0 Å². The lowest BCUT2D eigenvalue weighted by Crippen LogP contribution is -2.42. The molecule has 8 heteroatoms. The molecule has 2 aromatic heterocycles. The standard InChI is InChI=1S/C24H27N5O3/c1-32-19-6-4-17(5-7-19)23(30)29-14-10-18(15-29)24(31)28-12-8-16(9-13-28)21-26-20-3-2-11-25-22(20)27-21/h2-7,11,16,18H,8-10,12-15H2,1H3,(H,25,26,27). The van der Waals surface area contributed by atoms with Gasteiger partial charge in [0.2, 0.25) is 5.91 Å². The number of likely N-dealkylation sites (tertiary alicyclic amines) is 2. The molecule has 1 N–H and O–H groups in total. The van der Waals surface area contributed by atoms with Crippen LogP contribution in [0.25, 0.3) is 11.2 Å². The summed E-state index contributed by atoms with van der Waals surface area (Å²) in [6, 6.07) is 11.0. The number of amides is 2. The second-order valence-corrected chi connectivity index (χ2v) is 8.56. The molecule has 2 saturated heterocycles. The van der Waals surface area contributed by atoms with Crippen molar-refractivity contribution in [1.29, 1.82) is 0 Å². The van der Waals surface area contributed by atoms with E-state index in [0.29, 0.717) is 24.6 Å². The maximum atomic E-state index is 13.1. The van der Waals surface area contributed by atoms with E-state index in [0.717, 1.165) is 55.1 Å². The van der Waals surface area contributed by atoms with Gasteiger partial charge in [0, 0.05) is 43.9 Å². The summed E-state index contributed by atoms with van der Waals surface area (Å²) in [5.41, 5.74) is 2.32. The molecule has 5 rings (SSSR count). The number of imidazole rings is 1. The number of carbonyl (C=O) groups is 2. The van der Waals surface area contributed by atoms with E-state index in [2.05, 4.69) is 15.0 Å². The molecule has 0 bridgehead atoms. The Labute approximate surface area is 186 Å². The maximum absolute atomic E-state index is 13.1. The molecule has 0 aliphatic carbocycles. The van der Waals surface area contributed by atoms with Crippen LogP contribution in [0, 0.1) is 5.92 Å². The number of fused-ring (bicyclic) bond motifs is 1. The Kier molecular flexibility index (Phi) is 5.51. The number of benzene rings is 1. The van der Waals surface area contributed by atoms with E-state index in [4.69, 9.17) is 4.74 Å². The van der Waals surface area contributed by atoms with Gasteiger partial charge in [0.1, 0.15) is 11.6 Å². The topological polar surface area (TPSA) is 91.4 Å². The fraction of sp³-hybridized carbons (Fsp3) is 0.417. The number of hydrogen-bond donors (Lipinski definition) is 1. The zero-order valence-electron chi connectivity index (χ0n) is 18.2. The van der Waals surface area contributed by atoms with E-state index in [1.165, 1.54) is 0 Å². The summed E-state index contributed by atoms with van der Waals surface area (Å²) in [5.74, 6) is 2.01. The third kappa shape index (κ3) is 3.92. The normalized spacial score (nSPS) is 19.5. The van der Waals surface area contributed by atoms with Gasteiger partial charge >= 0.3 is 0 Å². The zero-order valence-corrected chi connectivity index (χ0v) is 18.2. The minimum atomic E-state index is -0.121. The minimum absolute atomic E-state index is 0.0276. The Bertz CT molecular complexity index is 1090. The third-order valence-corrected chi connectivity index (χ3v) is 6.63. The van der Waals surface area contributed by atoms with Crippen LogP contribution in [0.2, 0.25) is 0 Å². The molecule has 1 atom stereocenters. The highest BCUT2D eigenvalue weighted by Crippen LogP contribution is 2.29. The SMILES string of the molecule is COc1ccc(C(=O)N2CCC(C(=O)N3CCC(c4nc5ncccc5[nH]4)CC3)C2)cc1. The van der Waals surface area contributed by atoms with Gasteiger partial charge < -0.3 is 19.5 Å². The quantitative estimate of drug-likeness (QED) is 0.683. The van der Waals surface area contributed by atoms with E-state index in [1.807, 2.05) is 17.0 Å². The van der Waals surface area contributed by atoms with Crippen molar-refractivity contribution >= 4 is 23.0 Å². The number of ether oxygens (including phenoxy) is 1. The molecule has 2 amide bonds. The van der Waals surface area contributed by atoms with Crippen LogP contribution in [-0.4, -0.2) is 69.9 Å². The van der Waals surface area contributed by atoms with Crippen molar-refractivity contribution in [3.05, 3.63) is 54.0 Å². The smallest absolute Gasteiger partial charge is 0.253 e. The number of pyridine rings is 1. The first kappa shape index (κ1) is 20.5. The molecule has 2 fully saturated rings. The van der Waals surface area contributed by atoms with Gasteiger partial charge in [0.15, 0.2) is 5.65 Å². The molecule has 32 heavy (non-hydrogen) atoms. The predicted molar refractivity (Wildman–Crippen MR) is 119 cm³/mol. The van der Waals surface area contributed by atoms with Gasteiger partial charge in [-0.1, -0.05) is 0 Å². The van der Waals surface area contributed by atoms with Crippen LogP contribution < -0.4 is 4.74 Å². The number of nitrogens with zero attached hydrogens (tertiary/aromatic N) is 4. The second kappa shape index (κ2) is 8.61. The van der Waals surface area contributed by atoms with Gasteiger partial charge in [-0.3, -0.25) is 9.59 Å². The van der Waals surface area contributed by atoms with Crippen molar-refractivity contribution < 1.29 is 14.3 Å². The number of aromatic nitrogens is 3. The highest BCUT2D eigenvalue weighted by Gasteiger charge is 2.35. The number of nitrogens with one attached hydrogen (secondary N) is 1. The molecule has 3 aromatic rings. The van der Waals surface area contributed by atoms with Crippen molar-refractivity contribution in [3.8, 4) is 5.75 Å². The molecule has 0 spiro atoms. The number of methoxy groups -OCH3 is 1. The predicted octanol–water partition coefficient (Wildman–Crippen LogP) is 2.83. The summed E-state index contributed by atoms with van der Waals surface area (Å²) in [5, 5.41) is 0. The number of aromatic amines is 1. The van der Waals surface area contributed by atoms with Crippen molar-refractivity contribution in [2.24, 2.45) is 5.92 Å². The first-order chi connectivity index (χ1) is 15.6. The summed E-state index contributed by atoms with van der Waals surface area (Å²) < 4.78 is 5.16. The van der Waals surface area contributed by atoms with E-state index in [1.54, 1.807) is 42.5 Å². The molecule has 166 valence electrons. The lowest BCUT2D eigenvalue weighted by atomic mass is 9.95. The highest BCUT2D eigenvalue weighted by molar-refractivity contribution is 5.95. The summed E-state index contributed by atoms with van der Waals surface area (Å²) in [6.45, 7) is 2.54. The fourth-order valence-corrected chi connectivity index (χ4v) is 4.75. The van der Waals surface area contributed by atoms with E-state index >= 15 is 0 Å². The molecule has 2 aliphatic heterocycles. The summed E-state index contributed by atoms with van der Waals surface area (Å²) in [6.07, 6.45) is 4.23. The molecule has 1 unspecified atom stereocenters. The first-order valence-electron chi connectivity index (χ1n) is 11.1. The average molecular weight is 434 g/mol. The number of hydrogen-bond acceptors (Lipinski definition) is 5. The molecule has 8 nitrogen and oxygen atoms in total. The van der Waals surface area contributed by atoms with Crippen LogP contribution in [-0.2, 0) is 4.79 Å². The summed E-state index contributed by atoms with van der Waals surface area (Å²) >= 11 is 0. The van der Waals surface area contributed by atoms with Crippen molar-refractivity contribution in [2.75, 3.05) is 33.3 Å². The molecule has 4 heterocycles. The Morgan fingerprint density at radius 3 is 2.50 bits per heavy atom. The van der Waals surface area contributed by atoms with Gasteiger partial charge in [-0.25, -0.2) is 9.97 Å². The van der Waals surface area contributed by atoms with Crippen molar-refractivity contribution in [2.45, 2.75) is 25.2 Å². The van der Waals surface area contributed by atoms with Crippen LogP contribution in [0.3, 0.4) is 0 Å². The van der Waals surface area contributed by atoms with Crippen molar-refractivity contribution in [3.63, 3.8) is 0 Å². The number of H-pyrrole nitrogens is 1. The zero-order chi connectivity index (χ0) is 22.1. The van der Waals surface area contributed by atoms with Gasteiger partial charge in [0.25, 0.3) is 5.91 Å².